The molecule has 0 saturated heterocycles. The van der Waals surface area contributed by atoms with Crippen molar-refractivity contribution in [2.24, 2.45) is 5.92 Å². The van der Waals surface area contributed by atoms with E-state index in [2.05, 4.69) is 28.5 Å². The molecule has 0 saturated carbocycles. The fourth-order valence-corrected chi connectivity index (χ4v) is 4.66. The summed E-state index contributed by atoms with van der Waals surface area (Å²) in [4.78, 5) is 14.7. The van der Waals surface area contributed by atoms with E-state index in [0.29, 0.717) is 11.1 Å². The molecule has 7 heteroatoms. The van der Waals surface area contributed by atoms with Crippen molar-refractivity contribution in [3.8, 4) is 10.8 Å². The lowest BCUT2D eigenvalue weighted by Crippen LogP contribution is -2.44. The molecule has 136 valence electrons. The quantitative estimate of drug-likeness (QED) is 0.801. The van der Waals surface area contributed by atoms with Gasteiger partial charge in [-0.05, 0) is 64.5 Å². The zero-order valence-corrected chi connectivity index (χ0v) is 17.0. The van der Waals surface area contributed by atoms with Crippen LogP contribution in [0.5, 0.6) is 0 Å². The summed E-state index contributed by atoms with van der Waals surface area (Å²) in [5, 5.41) is 11.4. The molecule has 1 amide bonds. The van der Waals surface area contributed by atoms with Crippen molar-refractivity contribution in [1.29, 1.82) is 0 Å². The number of fused-ring (bicyclic) bond motifs is 1. The Balaban J connectivity index is 1.68. The van der Waals surface area contributed by atoms with Gasteiger partial charge >= 0.3 is 0 Å². The van der Waals surface area contributed by atoms with E-state index in [-0.39, 0.29) is 16.7 Å². The largest absolute Gasteiger partial charge is 0.410 e. The normalized spacial score (nSPS) is 18.7. The standard InChI is InChI=1S/C18H25N3O2S2/c1-10-6-7-13-12(8-10)9-14(25-13)16-20-21-17(23-16)24-11(2)15(22)19-18(3,4)5/h9-11H,6-8H2,1-5H3,(H,19,22)/t10-,11+/m1/s1. The molecule has 1 N–H and O–H groups in total. The van der Waals surface area contributed by atoms with E-state index >= 15 is 0 Å². The van der Waals surface area contributed by atoms with Crippen LogP contribution in [0.3, 0.4) is 0 Å². The number of nitrogens with one attached hydrogen (secondary N) is 1. The van der Waals surface area contributed by atoms with E-state index in [9.17, 15) is 4.79 Å². The molecule has 0 spiro atoms. The van der Waals surface area contributed by atoms with Crippen LogP contribution in [0, 0.1) is 5.92 Å². The van der Waals surface area contributed by atoms with Crippen LogP contribution < -0.4 is 5.32 Å². The Labute approximate surface area is 157 Å². The van der Waals surface area contributed by atoms with Crippen LogP contribution in [0.1, 0.15) is 51.5 Å². The number of rotatable bonds is 4. The first-order valence-corrected chi connectivity index (χ1v) is 10.3. The number of amides is 1. The van der Waals surface area contributed by atoms with Gasteiger partial charge in [0.1, 0.15) is 0 Å². The first-order valence-electron chi connectivity index (χ1n) is 8.65. The molecule has 2 atom stereocenters. The summed E-state index contributed by atoms with van der Waals surface area (Å²) < 4.78 is 5.80. The molecule has 1 aliphatic rings. The van der Waals surface area contributed by atoms with Crippen molar-refractivity contribution in [3.05, 3.63) is 16.5 Å². The second-order valence-electron chi connectivity index (χ2n) is 7.78. The van der Waals surface area contributed by atoms with Gasteiger partial charge in [0.25, 0.3) is 11.1 Å². The highest BCUT2D eigenvalue weighted by molar-refractivity contribution is 8.00. The predicted octanol–water partition coefficient (Wildman–Crippen LogP) is 4.32. The minimum Gasteiger partial charge on any atom is -0.410 e. The Kier molecular flexibility index (Phi) is 5.25. The van der Waals surface area contributed by atoms with Gasteiger partial charge in [-0.3, -0.25) is 4.79 Å². The van der Waals surface area contributed by atoms with Gasteiger partial charge in [-0.25, -0.2) is 0 Å². The Morgan fingerprint density at radius 3 is 2.92 bits per heavy atom. The van der Waals surface area contributed by atoms with Gasteiger partial charge in [-0.1, -0.05) is 18.7 Å². The van der Waals surface area contributed by atoms with Crippen molar-refractivity contribution in [1.82, 2.24) is 15.5 Å². The maximum absolute atomic E-state index is 12.2. The topological polar surface area (TPSA) is 68.0 Å². The fraction of sp³-hybridized carbons (Fsp3) is 0.611. The van der Waals surface area contributed by atoms with Crippen molar-refractivity contribution >= 4 is 29.0 Å². The molecular formula is C18H25N3O2S2. The number of thiophene rings is 1. The number of hydrogen-bond acceptors (Lipinski definition) is 6. The highest BCUT2D eigenvalue weighted by Gasteiger charge is 2.24. The van der Waals surface area contributed by atoms with Crippen molar-refractivity contribution in [2.45, 2.75) is 69.9 Å². The Morgan fingerprint density at radius 2 is 2.20 bits per heavy atom. The molecule has 2 aromatic rings. The summed E-state index contributed by atoms with van der Waals surface area (Å²) in [5.41, 5.74) is 1.17. The van der Waals surface area contributed by atoms with Gasteiger partial charge in [0, 0.05) is 10.4 Å². The first-order chi connectivity index (χ1) is 11.7. The van der Waals surface area contributed by atoms with Gasteiger partial charge in [-0.2, -0.15) is 0 Å². The van der Waals surface area contributed by atoms with Gasteiger partial charge in [-0.15, -0.1) is 21.5 Å². The number of aromatic nitrogens is 2. The van der Waals surface area contributed by atoms with Crippen molar-refractivity contribution in [3.63, 3.8) is 0 Å². The molecule has 0 bridgehead atoms. The van der Waals surface area contributed by atoms with Gasteiger partial charge in [0.2, 0.25) is 5.91 Å². The average Bonchev–Trinajstić information content (AvgIpc) is 3.11. The summed E-state index contributed by atoms with van der Waals surface area (Å²) >= 11 is 3.05. The monoisotopic (exact) mass is 379 g/mol. The maximum Gasteiger partial charge on any atom is 0.277 e. The van der Waals surface area contributed by atoms with Crippen molar-refractivity contribution in [2.75, 3.05) is 0 Å². The Bertz CT molecular complexity index is 761. The number of carbonyl (C=O) groups excluding carboxylic acids is 1. The smallest absolute Gasteiger partial charge is 0.277 e. The van der Waals surface area contributed by atoms with E-state index < -0.39 is 0 Å². The van der Waals surface area contributed by atoms with E-state index in [1.807, 2.05) is 27.7 Å². The molecule has 0 aliphatic heterocycles. The zero-order chi connectivity index (χ0) is 18.2. The number of aryl methyl sites for hydroxylation is 1. The Morgan fingerprint density at radius 1 is 1.44 bits per heavy atom. The maximum atomic E-state index is 12.2. The average molecular weight is 380 g/mol. The minimum atomic E-state index is -0.287. The summed E-state index contributed by atoms with van der Waals surface area (Å²) in [5.74, 6) is 1.27. The SMILES string of the molecule is C[C@@H]1CCc2sc(-c3nnc(S[C@@H](C)C(=O)NC(C)(C)C)o3)cc2C1. The number of thioether (sulfide) groups is 1. The second-order valence-corrected chi connectivity index (χ2v) is 10.2. The van der Waals surface area contributed by atoms with Crippen molar-refractivity contribution < 1.29 is 9.21 Å². The van der Waals surface area contributed by atoms with E-state index in [1.54, 1.807) is 11.3 Å². The molecule has 2 heterocycles. The van der Waals surface area contributed by atoms with Crippen LogP contribution >= 0.6 is 23.1 Å². The van der Waals surface area contributed by atoms with Gasteiger partial charge < -0.3 is 9.73 Å². The summed E-state index contributed by atoms with van der Waals surface area (Å²) in [7, 11) is 0. The molecule has 0 unspecified atom stereocenters. The number of carbonyl (C=O) groups is 1. The van der Waals surface area contributed by atoms with Crippen LogP contribution in [-0.2, 0) is 17.6 Å². The van der Waals surface area contributed by atoms with Crippen LogP contribution in [0.4, 0.5) is 0 Å². The third-order valence-corrected chi connectivity index (χ3v) is 6.25. The molecule has 0 fully saturated rings. The van der Waals surface area contributed by atoms with Crippen LogP contribution in [0.25, 0.3) is 10.8 Å². The number of nitrogens with zero attached hydrogens (tertiary/aromatic N) is 2. The first kappa shape index (κ1) is 18.5. The lowest BCUT2D eigenvalue weighted by atomic mass is 9.90. The summed E-state index contributed by atoms with van der Waals surface area (Å²) in [6.07, 6.45) is 3.52. The molecule has 0 radical (unpaired) electrons. The van der Waals surface area contributed by atoms with Gasteiger partial charge in [0.15, 0.2) is 0 Å². The molecule has 25 heavy (non-hydrogen) atoms. The van der Waals surface area contributed by atoms with Crippen LogP contribution in [0.2, 0.25) is 0 Å². The molecule has 3 rings (SSSR count). The molecule has 1 aliphatic carbocycles. The number of hydrogen-bond donors (Lipinski definition) is 1. The van der Waals surface area contributed by atoms with E-state index in [0.717, 1.165) is 23.6 Å². The second kappa shape index (κ2) is 7.11. The summed E-state index contributed by atoms with van der Waals surface area (Å²) in [6.45, 7) is 10.0. The third-order valence-electron chi connectivity index (χ3n) is 4.09. The predicted molar refractivity (Wildman–Crippen MR) is 102 cm³/mol. The lowest BCUT2D eigenvalue weighted by Gasteiger charge is -2.22. The molecular weight excluding hydrogens is 354 g/mol. The van der Waals surface area contributed by atoms with Crippen LogP contribution in [0.15, 0.2) is 15.7 Å². The van der Waals surface area contributed by atoms with E-state index in [1.165, 1.54) is 28.6 Å². The third kappa shape index (κ3) is 4.64. The molecule has 5 nitrogen and oxygen atoms in total. The highest BCUT2D eigenvalue weighted by atomic mass is 32.2. The summed E-state index contributed by atoms with van der Waals surface area (Å²) in [6, 6.07) is 2.19. The molecule has 2 aromatic heterocycles. The highest BCUT2D eigenvalue weighted by Crippen LogP contribution is 2.37. The van der Waals surface area contributed by atoms with Gasteiger partial charge in [0.05, 0.1) is 10.1 Å². The lowest BCUT2D eigenvalue weighted by molar-refractivity contribution is -0.121. The molecule has 0 aromatic carbocycles. The van der Waals surface area contributed by atoms with Crippen LogP contribution in [-0.4, -0.2) is 26.9 Å². The van der Waals surface area contributed by atoms with E-state index in [4.69, 9.17) is 4.42 Å². The Hall–Kier alpha value is -1.34. The fourth-order valence-electron chi connectivity index (χ4n) is 2.84. The zero-order valence-electron chi connectivity index (χ0n) is 15.4. The minimum absolute atomic E-state index is 0.0298.